The molecule has 0 unspecified atom stereocenters. The molecule has 0 spiro atoms. The molecule has 0 saturated carbocycles. The second-order valence-corrected chi connectivity index (χ2v) is 43.6. The summed E-state index contributed by atoms with van der Waals surface area (Å²) in [5, 5.41) is 72.0. The summed E-state index contributed by atoms with van der Waals surface area (Å²) < 4.78 is 382. The molecule has 732 valence electrons. The minimum absolute atomic E-state index is 0. The van der Waals surface area contributed by atoms with Gasteiger partial charge in [0.2, 0.25) is 31.2 Å². The van der Waals surface area contributed by atoms with E-state index in [1.54, 1.807) is 19.1 Å². The van der Waals surface area contributed by atoms with Gasteiger partial charge in [0.25, 0.3) is 10.1 Å². The summed E-state index contributed by atoms with van der Waals surface area (Å²) in [4.78, 5) is -5.19. The Balaban J connectivity index is 0.00000205. The van der Waals surface area contributed by atoms with Crippen molar-refractivity contribution in [3.05, 3.63) is 198 Å². The van der Waals surface area contributed by atoms with Gasteiger partial charge in [0.1, 0.15) is 90.9 Å². The molecule has 10 aromatic rings. The van der Waals surface area contributed by atoms with E-state index in [9.17, 15) is 139 Å². The van der Waals surface area contributed by atoms with Gasteiger partial charge < -0.3 is 64.7 Å². The van der Waals surface area contributed by atoms with Crippen molar-refractivity contribution in [2.75, 3.05) is 59.7 Å². The molecule has 10 aromatic carbocycles. The maximum atomic E-state index is 12.4. The second-order valence-electron chi connectivity index (χ2n) is 26.9. The number of benzene rings is 10. The minimum Gasteiger partial charge on any atom is -0.744 e. The molecule has 1 aliphatic carbocycles. The van der Waals surface area contributed by atoms with Crippen molar-refractivity contribution >= 4 is 230 Å². The van der Waals surface area contributed by atoms with Crippen LogP contribution in [0.15, 0.2) is 259 Å². The zero-order valence-electron chi connectivity index (χ0n) is 76.6. The van der Waals surface area contributed by atoms with Crippen LogP contribution in [-0.4, -0.2) is 200 Å². The number of aryl methyl sites for hydroxylation is 3. The number of aromatic hydroxyl groups is 2. The van der Waals surface area contributed by atoms with Crippen LogP contribution in [0.3, 0.4) is 0 Å². The number of nitrogens with one attached hydrogen (secondary N) is 2. The summed E-state index contributed by atoms with van der Waals surface area (Å²) in [6.45, 7) is 2.24. The number of nitrogens with two attached hydrogens (primary N) is 3. The molecule has 0 heterocycles. The van der Waals surface area contributed by atoms with E-state index in [-0.39, 0.29) is 319 Å². The molecular weight excluding hydrogens is 2250 g/mol. The van der Waals surface area contributed by atoms with Gasteiger partial charge in [-0.15, -0.1) is 54.0 Å². The molecule has 0 saturated heterocycles. The summed E-state index contributed by atoms with van der Waals surface area (Å²) in [5.41, 5.74) is 17.5. The van der Waals surface area contributed by atoms with Gasteiger partial charge in [0.05, 0.1) is 111 Å². The van der Waals surface area contributed by atoms with Crippen molar-refractivity contribution in [1.82, 2.24) is 0 Å². The first-order chi connectivity index (χ1) is 63.1. The number of hydrogen-bond acceptors (Lipinski definition) is 53. The van der Waals surface area contributed by atoms with Gasteiger partial charge in [-0.25, -0.2) is 89.3 Å². The van der Waals surface area contributed by atoms with Gasteiger partial charge in [0, 0.05) is 10.8 Å². The van der Waals surface area contributed by atoms with Crippen molar-refractivity contribution in [3.63, 3.8) is 0 Å². The Morgan fingerprint density at radius 2 is 0.717 bits per heavy atom. The van der Waals surface area contributed by atoms with Crippen molar-refractivity contribution < 1.29 is 401 Å². The van der Waals surface area contributed by atoms with Gasteiger partial charge in [-0.1, -0.05) is 41.5 Å². The first-order valence-corrected chi connectivity index (χ1v) is 53.1. The predicted octanol–water partition coefficient (Wildman–Crippen LogP) is -16.3. The third-order valence-electron chi connectivity index (χ3n) is 17.3. The molecule has 74 heteroatoms. The van der Waals surface area contributed by atoms with Gasteiger partial charge in [-0.05, 0) is 177 Å². The fourth-order valence-corrected chi connectivity index (χ4v) is 18.7. The summed E-state index contributed by atoms with van der Waals surface area (Å²) in [5.74, 6) is -4.14. The Labute approximate surface area is 1010 Å². The standard InChI is InChI=1S/C25H23N5O13S4.C25H22N5O10S3.C21H22N6O12S4.8Na.O3S/c1-14-2-9-20(21(12-14)45(34,35)36)28-29-23-18-13-22(46(37,38)39)24(25(31)17(18)7-8-19(23)26)30-27-15-3-5-16(6-4-15)44(32,33)11-10-43-47(40,41)42;1-15-2-5-17(6-3-15)27-29-20-11-4-16-14-21(42(34,35)36)24(25(31)22(16)23(20)26)30-28-18-7-9-19(10-8-18)41(32,33)13-12-40-43(37,38)39;1-12-2-7-15(17(10-12)41(30,31)32)25-26-16-11-18(42(33,34)35)20(23)21(19(16)22)27-24-13-3-5-14(6-4-13)40(28,29)9-8-39-43(36,37)38;;;;;;;;;1-4(2)3/h2-9,12-13,31H,10-11,26H2,1H3,(H,34,35,36)(H,37,38,39)(H,40,41,42);2-10,14,26-27,31H,12-13H2,1H3,(H,34,35,36)(H,37,38,39);2-7,10-11H,8-9,22-23H2,1H3,(H,30,31,32)(H,33,34,35)(H,36,37,38);;;;;;;;;/q;-1;;8*+1;/p-7. The average Bonchev–Trinajstić information content (AvgIpc) is 0.753. The zero-order chi connectivity index (χ0) is 102. The number of nitrogens with zero attached hydrogens (tertiary/aromatic N) is 11. The molecule has 0 amide bonds. The van der Waals surface area contributed by atoms with Gasteiger partial charge in [0.15, 0.2) is 35.3 Å². The molecule has 0 radical (unpaired) electrons. The van der Waals surface area contributed by atoms with Crippen LogP contribution in [0.4, 0.5) is 79.6 Å². The number of nitrogen functional groups attached to an aromatic ring is 3. The Morgan fingerprint density at radius 1 is 0.372 bits per heavy atom. The Hall–Kier alpha value is -5.03. The topological polar surface area (TPSA) is 926 Å². The predicted molar refractivity (Wildman–Crippen MR) is 467 cm³/mol. The maximum absolute atomic E-state index is 12.4. The van der Waals surface area contributed by atoms with Crippen molar-refractivity contribution in [1.29, 1.82) is 5.41 Å². The van der Waals surface area contributed by atoms with Crippen LogP contribution < -0.4 is 259 Å². The van der Waals surface area contributed by atoms with Crippen molar-refractivity contribution in [2.24, 2.45) is 56.2 Å². The molecule has 0 fully saturated rings. The number of allylic oxidation sites excluding steroid dienone is 1. The minimum atomic E-state index is -5.25. The SMILES string of the molecule is Cc1ccc(N=Nc2c(N)ccc3c(O)c(N=Nc4ccc(S(=O)(=O)CCOS(=O)(=O)[O-])cc4)c(S(=O)(=O)O)cc23)c(S(=O)(=O)[O-])c1.Cc1ccc(N=Nc2cc(S(=O)(=O)[O-])c(N)c(N=Nc3ccc(S(=O)(=O)CCOS(=O)(=O)[O-])cc3)c2N)c(S(=O)(=O)[O-])c1.Cc1ccc(NN=C2[C-]=Cc3cc(S(=O)(=O)[O-])c(N=Nc4ccc(S(=O)(=O)CCOS(=O)(=O)[O-])cc4)c(O)c3C2=N)cc1.O=S(=O)=O.[Na+].[Na+].[Na+].[Na+].[Na+].[Na+].[Na+].[Na+]. The smallest absolute Gasteiger partial charge is 0.744 e. The summed E-state index contributed by atoms with van der Waals surface area (Å²) in [7, 11) is -56.1. The Morgan fingerprint density at radius 3 is 1.08 bits per heavy atom. The fourth-order valence-electron chi connectivity index (χ4n) is 11.0. The van der Waals surface area contributed by atoms with E-state index in [0.29, 0.717) is 22.9 Å². The molecular formula is C71H60N16Na8O38S12. The largest absolute Gasteiger partial charge is 1.00 e. The number of phenols is 2. The van der Waals surface area contributed by atoms with E-state index in [0.717, 1.165) is 109 Å². The van der Waals surface area contributed by atoms with Gasteiger partial charge in [-0.2, -0.15) is 35.9 Å². The number of sulfone groups is 3. The molecule has 0 atom stereocenters. The van der Waals surface area contributed by atoms with E-state index in [1.165, 1.54) is 43.3 Å². The molecule has 0 bridgehead atoms. The van der Waals surface area contributed by atoms with Crippen LogP contribution in [0.5, 0.6) is 11.5 Å². The summed E-state index contributed by atoms with van der Waals surface area (Å²) in [6, 6.07) is 32.7. The second kappa shape index (κ2) is 58.3. The fraction of sp³-hybridized carbons (Fsp3) is 0.127. The number of hydrazone groups is 1. The van der Waals surface area contributed by atoms with Gasteiger partial charge in [-0.3, -0.25) is 22.5 Å². The quantitative estimate of drug-likeness (QED) is 0.00369. The number of fused-ring (bicyclic) bond motifs is 2. The molecule has 145 heavy (non-hydrogen) atoms. The summed E-state index contributed by atoms with van der Waals surface area (Å²) in [6.07, 6.45) is 3.95. The van der Waals surface area contributed by atoms with E-state index >= 15 is 0 Å². The number of phenolic OH excluding ortho intramolecular Hbond substituents is 2. The van der Waals surface area contributed by atoms with Crippen LogP contribution in [0.25, 0.3) is 16.8 Å². The van der Waals surface area contributed by atoms with E-state index in [4.69, 9.17) is 35.2 Å². The molecule has 54 nitrogen and oxygen atoms in total. The van der Waals surface area contributed by atoms with Crippen LogP contribution in [0.2, 0.25) is 0 Å². The Kier molecular flexibility index (Phi) is 56.3. The number of rotatable bonds is 32. The van der Waals surface area contributed by atoms with Crippen LogP contribution in [-0.2, 0) is 134 Å². The van der Waals surface area contributed by atoms with Crippen molar-refractivity contribution in [2.45, 2.75) is 59.9 Å². The van der Waals surface area contributed by atoms with Crippen LogP contribution in [0.1, 0.15) is 27.8 Å². The molecule has 0 aliphatic heterocycles. The number of azo groups is 5. The van der Waals surface area contributed by atoms with Crippen LogP contribution >= 0.6 is 0 Å². The number of hydrogen-bond donors (Lipinski definition) is 8. The molecule has 0 aromatic heterocycles. The van der Waals surface area contributed by atoms with E-state index < -0.39 is 235 Å². The van der Waals surface area contributed by atoms with Crippen LogP contribution in [0, 0.1) is 32.3 Å². The van der Waals surface area contributed by atoms with E-state index in [2.05, 4.69) is 80.3 Å². The monoisotopic (exact) mass is 2310 g/mol. The normalized spacial score (nSPS) is 12.7. The summed E-state index contributed by atoms with van der Waals surface area (Å²) >= 11 is 0. The molecule has 1 aliphatic rings. The Bertz CT molecular complexity index is 8260. The molecule has 11 rings (SSSR count). The van der Waals surface area contributed by atoms with E-state index in [1.807, 2.05) is 19.1 Å². The third-order valence-corrected chi connectivity index (χ3v) is 28.0. The zero-order valence-corrected chi connectivity index (χ0v) is 102. The first kappa shape index (κ1) is 140. The third kappa shape index (κ3) is 42.1. The van der Waals surface area contributed by atoms with Gasteiger partial charge >= 0.3 is 247 Å². The first-order valence-electron chi connectivity index (χ1n) is 36.1. The maximum Gasteiger partial charge on any atom is 1.00 e. The molecule has 11 N–H and O–H groups in total. The van der Waals surface area contributed by atoms with Crippen molar-refractivity contribution in [3.8, 4) is 11.5 Å². The average molecular weight is 2310 g/mol. The number of anilines is 4.